The zero-order chi connectivity index (χ0) is 20.9. The van der Waals surface area contributed by atoms with Gasteiger partial charge < -0.3 is 15.8 Å². The van der Waals surface area contributed by atoms with Gasteiger partial charge in [-0.2, -0.15) is 0 Å². The van der Waals surface area contributed by atoms with E-state index in [1.54, 1.807) is 0 Å². The third-order valence-corrected chi connectivity index (χ3v) is 10.1. The van der Waals surface area contributed by atoms with Crippen LogP contribution in [0.3, 0.4) is 0 Å². The summed E-state index contributed by atoms with van der Waals surface area (Å²) < 4.78 is 7.11. The average molecular weight is 437 g/mol. The third-order valence-electron chi connectivity index (χ3n) is 8.93. The van der Waals surface area contributed by atoms with Crippen LogP contribution in [-0.2, 0) is 13.0 Å². The van der Waals surface area contributed by atoms with E-state index in [4.69, 9.17) is 33.7 Å². The van der Waals surface area contributed by atoms with Gasteiger partial charge in [0.1, 0.15) is 11.4 Å². The SMILES string of the molecule is C[C@H]1CC[C@H]2C(C)(C)C(Cl)C(N)C[C@]23Oc2c(cc(Cl)c4c2CNC4=O)C[C@]13C. The predicted octanol–water partition coefficient (Wildman–Crippen LogP) is 4.67. The van der Waals surface area contributed by atoms with Gasteiger partial charge in [0.15, 0.2) is 0 Å². The molecule has 1 aromatic carbocycles. The Labute approximate surface area is 182 Å². The van der Waals surface area contributed by atoms with Crippen molar-refractivity contribution in [1.82, 2.24) is 5.32 Å². The van der Waals surface area contributed by atoms with Gasteiger partial charge in [0.2, 0.25) is 0 Å². The number of nitrogens with two attached hydrogens (primary N) is 1. The van der Waals surface area contributed by atoms with Crippen molar-refractivity contribution in [3.05, 3.63) is 27.8 Å². The molecule has 2 saturated carbocycles. The van der Waals surface area contributed by atoms with Crippen LogP contribution < -0.4 is 15.8 Å². The number of ether oxygens (including phenoxy) is 1. The molecule has 4 aliphatic rings. The lowest BCUT2D eigenvalue weighted by molar-refractivity contribution is -0.212. The van der Waals surface area contributed by atoms with E-state index >= 15 is 0 Å². The standard InChI is InChI=1S/C23H30Cl2N2O2/c1-11-5-6-16-21(2,3)19(25)15(26)9-23(16)22(11,4)8-12-7-14(24)17-13(18(12)29-23)10-27-20(17)28/h7,11,15-16,19H,5-6,8-10,26H2,1-4H3,(H,27,28)/t11-,15?,16-,19?,22+,23-/m0/s1. The Morgan fingerprint density at radius 1 is 1.28 bits per heavy atom. The van der Waals surface area contributed by atoms with Gasteiger partial charge in [-0.25, -0.2) is 0 Å². The molecule has 2 heterocycles. The summed E-state index contributed by atoms with van der Waals surface area (Å²) in [5.74, 6) is 1.55. The van der Waals surface area contributed by atoms with Crippen molar-refractivity contribution in [2.75, 3.05) is 0 Å². The minimum absolute atomic E-state index is 0.0670. The highest BCUT2D eigenvalue weighted by atomic mass is 35.5. The topological polar surface area (TPSA) is 64.3 Å². The number of amides is 1. The van der Waals surface area contributed by atoms with Crippen LogP contribution in [0.15, 0.2) is 6.07 Å². The van der Waals surface area contributed by atoms with Gasteiger partial charge in [-0.05, 0) is 42.2 Å². The van der Waals surface area contributed by atoms with E-state index in [0.717, 1.165) is 42.6 Å². The van der Waals surface area contributed by atoms with Crippen molar-refractivity contribution in [3.8, 4) is 5.75 Å². The lowest BCUT2D eigenvalue weighted by atomic mass is 9.43. The molecule has 1 spiro atoms. The summed E-state index contributed by atoms with van der Waals surface area (Å²) in [6.07, 6.45) is 3.87. The molecular formula is C23H30Cl2N2O2. The number of hydrogen-bond acceptors (Lipinski definition) is 3. The highest BCUT2D eigenvalue weighted by Crippen LogP contribution is 2.66. The lowest BCUT2D eigenvalue weighted by Gasteiger charge is -2.68. The van der Waals surface area contributed by atoms with Crippen LogP contribution in [0.5, 0.6) is 5.75 Å². The molecule has 2 unspecified atom stereocenters. The number of rotatable bonds is 0. The minimum Gasteiger partial charge on any atom is -0.486 e. The molecule has 2 fully saturated rings. The fourth-order valence-corrected chi connectivity index (χ4v) is 7.71. The van der Waals surface area contributed by atoms with Crippen molar-refractivity contribution in [2.45, 2.75) is 76.9 Å². The van der Waals surface area contributed by atoms with Crippen LogP contribution in [0, 0.1) is 22.7 Å². The summed E-state index contributed by atoms with van der Waals surface area (Å²) in [6, 6.07) is 1.82. The number of carbonyl (C=O) groups is 1. The van der Waals surface area contributed by atoms with E-state index in [2.05, 4.69) is 33.0 Å². The molecule has 3 N–H and O–H groups in total. The van der Waals surface area contributed by atoms with Crippen molar-refractivity contribution < 1.29 is 9.53 Å². The summed E-state index contributed by atoms with van der Waals surface area (Å²) in [7, 11) is 0. The molecule has 6 heteroatoms. The molecule has 0 bridgehead atoms. The first kappa shape index (κ1) is 20.0. The summed E-state index contributed by atoms with van der Waals surface area (Å²) in [5, 5.41) is 3.36. The number of alkyl halides is 1. The van der Waals surface area contributed by atoms with Crippen LogP contribution in [0.4, 0.5) is 0 Å². The van der Waals surface area contributed by atoms with Crippen molar-refractivity contribution >= 4 is 29.1 Å². The fourth-order valence-electron chi connectivity index (χ4n) is 7.13. The van der Waals surface area contributed by atoms with Crippen LogP contribution in [0.2, 0.25) is 5.02 Å². The van der Waals surface area contributed by atoms with E-state index in [1.807, 2.05) is 6.07 Å². The van der Waals surface area contributed by atoms with E-state index in [-0.39, 0.29) is 33.8 Å². The zero-order valence-corrected chi connectivity index (χ0v) is 19.1. The van der Waals surface area contributed by atoms with Gasteiger partial charge in [-0.1, -0.05) is 39.3 Å². The van der Waals surface area contributed by atoms with E-state index in [1.165, 1.54) is 0 Å². The molecule has 0 saturated heterocycles. The predicted molar refractivity (Wildman–Crippen MR) is 116 cm³/mol. The average Bonchev–Trinajstić information content (AvgIpc) is 3.03. The summed E-state index contributed by atoms with van der Waals surface area (Å²) in [4.78, 5) is 12.4. The van der Waals surface area contributed by atoms with E-state index in [0.29, 0.717) is 29.0 Å². The van der Waals surface area contributed by atoms with Gasteiger partial charge in [0.05, 0.1) is 16.0 Å². The van der Waals surface area contributed by atoms with Crippen LogP contribution in [-0.4, -0.2) is 22.9 Å². The van der Waals surface area contributed by atoms with E-state index < -0.39 is 0 Å². The first-order valence-corrected chi connectivity index (χ1v) is 11.6. The quantitative estimate of drug-likeness (QED) is 0.580. The Morgan fingerprint density at radius 2 is 2.00 bits per heavy atom. The number of hydrogen-bond donors (Lipinski definition) is 2. The molecule has 5 rings (SSSR count). The molecule has 2 aliphatic carbocycles. The maximum atomic E-state index is 12.4. The second-order valence-corrected chi connectivity index (χ2v) is 11.5. The fraction of sp³-hybridized carbons (Fsp3) is 0.696. The molecule has 1 amide bonds. The second kappa shape index (κ2) is 6.05. The van der Waals surface area contributed by atoms with Crippen molar-refractivity contribution in [3.63, 3.8) is 0 Å². The maximum Gasteiger partial charge on any atom is 0.253 e. The molecular weight excluding hydrogens is 407 g/mol. The zero-order valence-electron chi connectivity index (χ0n) is 17.6. The Hall–Kier alpha value is -0.970. The lowest BCUT2D eigenvalue weighted by Crippen LogP contribution is -2.73. The third kappa shape index (κ3) is 2.34. The summed E-state index contributed by atoms with van der Waals surface area (Å²) in [6.45, 7) is 9.69. The van der Waals surface area contributed by atoms with Gasteiger partial charge >= 0.3 is 0 Å². The number of fused-ring (bicyclic) bond motifs is 3. The first-order valence-electron chi connectivity index (χ1n) is 10.7. The van der Waals surface area contributed by atoms with E-state index in [9.17, 15) is 4.79 Å². The Balaban J connectivity index is 1.74. The number of halogens is 2. The monoisotopic (exact) mass is 436 g/mol. The molecule has 29 heavy (non-hydrogen) atoms. The maximum absolute atomic E-state index is 12.4. The molecule has 0 radical (unpaired) electrons. The molecule has 4 nitrogen and oxygen atoms in total. The van der Waals surface area contributed by atoms with Crippen LogP contribution in [0.25, 0.3) is 0 Å². The Bertz CT molecular complexity index is 917. The first-order chi connectivity index (χ1) is 13.5. The normalized spacial score (nSPS) is 42.1. The largest absolute Gasteiger partial charge is 0.486 e. The molecule has 2 aliphatic heterocycles. The Morgan fingerprint density at radius 3 is 2.72 bits per heavy atom. The van der Waals surface area contributed by atoms with Crippen molar-refractivity contribution in [1.29, 1.82) is 0 Å². The van der Waals surface area contributed by atoms with Crippen LogP contribution in [0.1, 0.15) is 68.4 Å². The van der Waals surface area contributed by atoms with Gasteiger partial charge in [0, 0.05) is 35.9 Å². The number of nitrogens with one attached hydrogen (secondary N) is 1. The van der Waals surface area contributed by atoms with Gasteiger partial charge in [-0.3, -0.25) is 4.79 Å². The van der Waals surface area contributed by atoms with Gasteiger partial charge in [-0.15, -0.1) is 11.6 Å². The van der Waals surface area contributed by atoms with Crippen molar-refractivity contribution in [2.24, 2.45) is 28.4 Å². The Kier molecular flexibility index (Phi) is 4.16. The summed E-state index contributed by atoms with van der Waals surface area (Å²) >= 11 is 13.4. The second-order valence-electron chi connectivity index (χ2n) is 10.6. The number of benzene rings is 1. The molecule has 158 valence electrons. The summed E-state index contributed by atoms with van der Waals surface area (Å²) in [5.41, 5.74) is 8.65. The number of carbonyl (C=O) groups excluding carboxylic acids is 1. The molecule has 1 aromatic rings. The molecule has 6 atom stereocenters. The van der Waals surface area contributed by atoms with Crippen LogP contribution >= 0.6 is 23.2 Å². The minimum atomic E-state index is -0.390. The highest BCUT2D eigenvalue weighted by molar-refractivity contribution is 6.34. The smallest absolute Gasteiger partial charge is 0.253 e. The van der Waals surface area contributed by atoms with Gasteiger partial charge in [0.25, 0.3) is 5.91 Å². The molecule has 0 aromatic heterocycles. The highest BCUT2D eigenvalue weighted by Gasteiger charge is 2.69.